The molecule has 2 aromatic carbocycles. The molecular formula is C23H30N2O2. The van der Waals surface area contributed by atoms with Gasteiger partial charge in [-0.3, -0.25) is 0 Å². The minimum Gasteiger partial charge on any atom is -0.494 e. The minimum atomic E-state index is 0.0820. The van der Waals surface area contributed by atoms with E-state index in [0.717, 1.165) is 36.8 Å². The molecule has 2 N–H and O–H groups in total. The molecule has 1 fully saturated rings. The van der Waals surface area contributed by atoms with E-state index in [1.807, 2.05) is 24.3 Å². The maximum absolute atomic E-state index is 9.07. The number of rotatable bonds is 7. The second-order valence-corrected chi connectivity index (χ2v) is 7.80. The van der Waals surface area contributed by atoms with Crippen LogP contribution in [-0.2, 0) is 13.0 Å². The fourth-order valence-electron chi connectivity index (χ4n) is 4.36. The molecule has 4 heteroatoms. The number of benzene rings is 2. The zero-order valence-electron chi connectivity index (χ0n) is 15.9. The molecule has 0 aromatic heterocycles. The smallest absolute Gasteiger partial charge is 0.119 e. The maximum Gasteiger partial charge on any atom is 0.119 e. The first-order valence-electron chi connectivity index (χ1n) is 10.2. The molecule has 0 bridgehead atoms. The molecule has 1 saturated heterocycles. The number of likely N-dealkylation sites (tertiary alicyclic amines) is 1. The van der Waals surface area contributed by atoms with Gasteiger partial charge in [0.05, 0.1) is 13.2 Å². The lowest BCUT2D eigenvalue weighted by Crippen LogP contribution is -2.40. The number of fused-ring (bicyclic) bond motifs is 1. The Labute approximate surface area is 162 Å². The van der Waals surface area contributed by atoms with Gasteiger partial charge in [0.15, 0.2) is 0 Å². The number of ether oxygens (including phenoxy) is 1. The Morgan fingerprint density at radius 3 is 2.56 bits per heavy atom. The first-order valence-corrected chi connectivity index (χ1v) is 10.2. The SMILES string of the molecule is OCc1ccc(OCCCN2CCC(C3Cc4ccccc4N3)CC2)cc1. The van der Waals surface area contributed by atoms with Gasteiger partial charge in [-0.15, -0.1) is 0 Å². The van der Waals surface area contributed by atoms with Crippen molar-refractivity contribution < 1.29 is 9.84 Å². The first kappa shape index (κ1) is 18.3. The summed E-state index contributed by atoms with van der Waals surface area (Å²) >= 11 is 0. The predicted molar refractivity (Wildman–Crippen MR) is 109 cm³/mol. The Morgan fingerprint density at radius 1 is 1.04 bits per heavy atom. The van der Waals surface area contributed by atoms with Crippen molar-refractivity contribution in [1.82, 2.24) is 4.90 Å². The third kappa shape index (κ3) is 4.63. The fourth-order valence-corrected chi connectivity index (χ4v) is 4.36. The number of anilines is 1. The highest BCUT2D eigenvalue weighted by atomic mass is 16.5. The van der Waals surface area contributed by atoms with E-state index in [1.54, 1.807) is 0 Å². The molecular weight excluding hydrogens is 336 g/mol. The van der Waals surface area contributed by atoms with Crippen molar-refractivity contribution in [2.75, 3.05) is 31.6 Å². The Kier molecular flexibility index (Phi) is 5.95. The lowest BCUT2D eigenvalue weighted by Gasteiger charge is -2.35. The van der Waals surface area contributed by atoms with Crippen LogP contribution < -0.4 is 10.1 Å². The van der Waals surface area contributed by atoms with Crippen molar-refractivity contribution in [3.63, 3.8) is 0 Å². The van der Waals surface area contributed by atoms with Crippen molar-refractivity contribution >= 4 is 5.69 Å². The average molecular weight is 367 g/mol. The van der Waals surface area contributed by atoms with Crippen molar-refractivity contribution in [3.05, 3.63) is 59.7 Å². The number of para-hydroxylation sites is 1. The largest absolute Gasteiger partial charge is 0.494 e. The van der Waals surface area contributed by atoms with E-state index in [1.165, 1.54) is 43.6 Å². The summed E-state index contributed by atoms with van der Waals surface area (Å²) in [6.07, 6.45) is 4.81. The van der Waals surface area contributed by atoms with Crippen LogP contribution in [0.2, 0.25) is 0 Å². The number of piperidine rings is 1. The van der Waals surface area contributed by atoms with Gasteiger partial charge in [0.1, 0.15) is 5.75 Å². The summed E-state index contributed by atoms with van der Waals surface area (Å²) in [6, 6.07) is 17.1. The molecule has 4 nitrogen and oxygen atoms in total. The monoisotopic (exact) mass is 366 g/mol. The number of hydrogen-bond acceptors (Lipinski definition) is 4. The molecule has 2 aliphatic heterocycles. The maximum atomic E-state index is 9.07. The molecule has 0 spiro atoms. The Balaban J connectivity index is 1.14. The van der Waals surface area contributed by atoms with Crippen LogP contribution in [-0.4, -0.2) is 42.3 Å². The summed E-state index contributed by atoms with van der Waals surface area (Å²) in [7, 11) is 0. The topological polar surface area (TPSA) is 44.7 Å². The van der Waals surface area contributed by atoms with Crippen molar-refractivity contribution in [1.29, 1.82) is 0 Å². The van der Waals surface area contributed by atoms with E-state index in [9.17, 15) is 0 Å². The Bertz CT molecular complexity index is 698. The Hall–Kier alpha value is -2.04. The van der Waals surface area contributed by atoms with Gasteiger partial charge >= 0.3 is 0 Å². The number of hydrogen-bond donors (Lipinski definition) is 2. The van der Waals surface area contributed by atoms with E-state index >= 15 is 0 Å². The van der Waals surface area contributed by atoms with Crippen molar-refractivity contribution in [2.45, 2.75) is 38.3 Å². The third-order valence-corrected chi connectivity index (χ3v) is 5.99. The van der Waals surface area contributed by atoms with Crippen molar-refractivity contribution in [3.8, 4) is 5.75 Å². The van der Waals surface area contributed by atoms with E-state index in [4.69, 9.17) is 9.84 Å². The highest BCUT2D eigenvalue weighted by Crippen LogP contribution is 2.32. The summed E-state index contributed by atoms with van der Waals surface area (Å²) in [5.41, 5.74) is 3.74. The van der Waals surface area contributed by atoms with Crippen LogP contribution in [0.4, 0.5) is 5.69 Å². The molecule has 0 aliphatic carbocycles. The molecule has 2 heterocycles. The lowest BCUT2D eigenvalue weighted by atomic mass is 9.88. The summed E-state index contributed by atoms with van der Waals surface area (Å²) in [6.45, 7) is 4.34. The van der Waals surface area contributed by atoms with E-state index in [0.29, 0.717) is 6.04 Å². The molecule has 4 rings (SSSR count). The molecule has 0 radical (unpaired) electrons. The highest BCUT2D eigenvalue weighted by molar-refractivity contribution is 5.56. The summed E-state index contributed by atoms with van der Waals surface area (Å²) in [5.74, 6) is 1.67. The van der Waals surface area contributed by atoms with Crippen LogP contribution in [0.1, 0.15) is 30.4 Å². The zero-order chi connectivity index (χ0) is 18.5. The Morgan fingerprint density at radius 2 is 1.81 bits per heavy atom. The minimum absolute atomic E-state index is 0.0820. The van der Waals surface area contributed by atoms with Crippen LogP contribution in [0.15, 0.2) is 48.5 Å². The van der Waals surface area contributed by atoms with E-state index in [2.05, 4.69) is 34.5 Å². The van der Waals surface area contributed by atoms with Gasteiger partial charge < -0.3 is 20.1 Å². The molecule has 2 aromatic rings. The van der Waals surface area contributed by atoms with Crippen LogP contribution in [0, 0.1) is 5.92 Å². The van der Waals surface area contributed by atoms with Gasteiger partial charge in [0.2, 0.25) is 0 Å². The average Bonchev–Trinajstić information content (AvgIpc) is 3.16. The molecule has 2 aliphatic rings. The van der Waals surface area contributed by atoms with Crippen LogP contribution in [0.5, 0.6) is 5.75 Å². The van der Waals surface area contributed by atoms with Crippen molar-refractivity contribution in [2.24, 2.45) is 5.92 Å². The predicted octanol–water partition coefficient (Wildman–Crippen LogP) is 3.70. The molecule has 0 saturated carbocycles. The summed E-state index contributed by atoms with van der Waals surface area (Å²) < 4.78 is 5.82. The quantitative estimate of drug-likeness (QED) is 0.734. The molecule has 144 valence electrons. The third-order valence-electron chi connectivity index (χ3n) is 5.99. The second kappa shape index (κ2) is 8.77. The van der Waals surface area contributed by atoms with Gasteiger partial charge in [-0.05, 0) is 74.0 Å². The number of aliphatic hydroxyl groups excluding tert-OH is 1. The van der Waals surface area contributed by atoms with Gasteiger partial charge in [0.25, 0.3) is 0 Å². The number of aliphatic hydroxyl groups is 1. The zero-order valence-corrected chi connectivity index (χ0v) is 15.9. The van der Waals surface area contributed by atoms with E-state index in [-0.39, 0.29) is 6.61 Å². The van der Waals surface area contributed by atoms with Gasteiger partial charge in [-0.1, -0.05) is 30.3 Å². The van der Waals surface area contributed by atoms with E-state index < -0.39 is 0 Å². The molecule has 0 amide bonds. The van der Waals surface area contributed by atoms with Gasteiger partial charge in [-0.25, -0.2) is 0 Å². The van der Waals surface area contributed by atoms with Gasteiger partial charge in [0, 0.05) is 18.3 Å². The normalized spacial score (nSPS) is 20.3. The van der Waals surface area contributed by atoms with Crippen LogP contribution in [0.3, 0.4) is 0 Å². The standard InChI is InChI=1S/C23H30N2O2/c26-17-18-6-8-21(9-7-18)27-15-3-12-25-13-10-19(11-14-25)23-16-20-4-1-2-5-22(20)24-23/h1-2,4-9,19,23-24,26H,3,10-17H2. The van der Waals surface area contributed by atoms with Crippen LogP contribution in [0.25, 0.3) is 0 Å². The summed E-state index contributed by atoms with van der Waals surface area (Å²) in [4.78, 5) is 2.58. The molecule has 27 heavy (non-hydrogen) atoms. The van der Waals surface area contributed by atoms with Gasteiger partial charge in [-0.2, -0.15) is 0 Å². The second-order valence-electron chi connectivity index (χ2n) is 7.80. The number of nitrogens with zero attached hydrogens (tertiary/aromatic N) is 1. The lowest BCUT2D eigenvalue weighted by molar-refractivity contribution is 0.162. The van der Waals surface area contributed by atoms with Crippen LogP contribution >= 0.6 is 0 Å². The highest BCUT2D eigenvalue weighted by Gasteiger charge is 2.30. The fraction of sp³-hybridized carbons (Fsp3) is 0.478. The summed E-state index contributed by atoms with van der Waals surface area (Å²) in [5, 5.41) is 12.8. The number of nitrogens with one attached hydrogen (secondary N) is 1. The molecule has 1 unspecified atom stereocenters. The molecule has 1 atom stereocenters. The first-order chi connectivity index (χ1) is 13.3.